The Bertz CT molecular complexity index is 823. The van der Waals surface area contributed by atoms with Crippen LogP contribution in [-0.4, -0.2) is 39.8 Å². The molecule has 0 fully saturated rings. The lowest BCUT2D eigenvalue weighted by Gasteiger charge is -2.14. The van der Waals surface area contributed by atoms with E-state index in [2.05, 4.69) is 22.1 Å². The van der Waals surface area contributed by atoms with Crippen LogP contribution in [0.15, 0.2) is 53.7 Å². The molecule has 0 aliphatic heterocycles. The van der Waals surface area contributed by atoms with Crippen molar-refractivity contribution < 1.29 is 23.8 Å². The molecule has 2 aromatic carbocycles. The lowest BCUT2D eigenvalue weighted by molar-refractivity contribution is 0.107. The summed E-state index contributed by atoms with van der Waals surface area (Å²) in [6.45, 7) is 9.45. The Labute approximate surface area is 191 Å². The maximum atomic E-state index is 6.00. The molecule has 0 aliphatic rings. The van der Waals surface area contributed by atoms with Crippen LogP contribution in [0.2, 0.25) is 0 Å². The fourth-order valence-electron chi connectivity index (χ4n) is 3.05. The van der Waals surface area contributed by atoms with Gasteiger partial charge in [-0.05, 0) is 55.2 Å². The largest absolute Gasteiger partial charge is 0.493 e. The van der Waals surface area contributed by atoms with Crippen molar-refractivity contribution in [3.8, 4) is 11.5 Å². The summed E-state index contributed by atoms with van der Waals surface area (Å²) >= 11 is 0. The summed E-state index contributed by atoms with van der Waals surface area (Å²) in [5.74, 6) is 1.79. The van der Waals surface area contributed by atoms with Gasteiger partial charge in [0.05, 0.1) is 39.2 Å². The molecule has 0 radical (unpaired) electrons. The molecule has 6 heteroatoms. The molecule has 0 bridgehead atoms. The number of rotatable bonds is 15. The quantitative estimate of drug-likeness (QED) is 0.160. The van der Waals surface area contributed by atoms with Crippen LogP contribution in [0.4, 0.5) is 0 Å². The van der Waals surface area contributed by atoms with Crippen molar-refractivity contribution in [2.24, 2.45) is 5.16 Å². The van der Waals surface area contributed by atoms with Gasteiger partial charge in [0, 0.05) is 6.42 Å². The minimum absolute atomic E-state index is 0.425. The number of nitrogens with zero attached hydrogens (tertiary/aromatic N) is 1. The Morgan fingerprint density at radius 2 is 1.50 bits per heavy atom. The molecule has 0 saturated heterocycles. The Balaban J connectivity index is 1.64. The molecule has 0 aromatic heterocycles. The van der Waals surface area contributed by atoms with Crippen LogP contribution in [0.3, 0.4) is 0 Å². The van der Waals surface area contributed by atoms with Gasteiger partial charge >= 0.3 is 0 Å². The highest BCUT2D eigenvalue weighted by Crippen LogP contribution is 2.28. The van der Waals surface area contributed by atoms with Crippen molar-refractivity contribution in [3.63, 3.8) is 0 Å². The highest BCUT2D eigenvalue weighted by Gasteiger charge is 2.07. The zero-order valence-corrected chi connectivity index (χ0v) is 19.6. The van der Waals surface area contributed by atoms with Crippen molar-refractivity contribution in [2.45, 2.75) is 40.4 Å². The van der Waals surface area contributed by atoms with E-state index in [4.69, 9.17) is 18.9 Å². The van der Waals surface area contributed by atoms with E-state index in [9.17, 15) is 0 Å². The molecule has 0 atom stereocenters. The van der Waals surface area contributed by atoms with E-state index in [0.717, 1.165) is 40.2 Å². The zero-order chi connectivity index (χ0) is 23.0. The van der Waals surface area contributed by atoms with Crippen LogP contribution in [0.5, 0.6) is 11.5 Å². The first-order valence-electron chi connectivity index (χ1n) is 10.9. The number of oxime groups is 1. The van der Waals surface area contributed by atoms with Crippen LogP contribution in [-0.2, 0) is 27.5 Å². The van der Waals surface area contributed by atoms with E-state index in [1.165, 1.54) is 7.11 Å². The first kappa shape index (κ1) is 25.4. The Kier molecular flexibility index (Phi) is 12.0. The SMILES string of the molecule is C/C=C/COc1cc(C)c(OCCCOCc2ccc(COCC=NOC)cc2)c(C)c1. The lowest BCUT2D eigenvalue weighted by Crippen LogP contribution is -2.05. The fourth-order valence-corrected chi connectivity index (χ4v) is 3.05. The van der Waals surface area contributed by atoms with Crippen LogP contribution in [0.25, 0.3) is 0 Å². The molecule has 6 nitrogen and oxygen atoms in total. The molecular formula is C26H35NO5. The molecule has 0 heterocycles. The third kappa shape index (κ3) is 9.54. The summed E-state index contributed by atoms with van der Waals surface area (Å²) in [4.78, 5) is 4.59. The van der Waals surface area contributed by atoms with E-state index in [1.54, 1.807) is 6.21 Å². The van der Waals surface area contributed by atoms with Gasteiger partial charge in [0.25, 0.3) is 0 Å². The highest BCUT2D eigenvalue weighted by molar-refractivity contribution is 5.57. The second kappa shape index (κ2) is 15.1. The van der Waals surface area contributed by atoms with E-state index in [-0.39, 0.29) is 0 Å². The fraction of sp³-hybridized carbons (Fsp3) is 0.423. The van der Waals surface area contributed by atoms with Gasteiger partial charge in [-0.25, -0.2) is 0 Å². The average Bonchev–Trinajstić information content (AvgIpc) is 2.78. The van der Waals surface area contributed by atoms with E-state index >= 15 is 0 Å². The van der Waals surface area contributed by atoms with Crippen molar-refractivity contribution in [3.05, 3.63) is 70.8 Å². The third-order valence-electron chi connectivity index (χ3n) is 4.63. The van der Waals surface area contributed by atoms with Crippen molar-refractivity contribution in [1.82, 2.24) is 0 Å². The topological polar surface area (TPSA) is 58.5 Å². The normalized spacial score (nSPS) is 11.4. The first-order valence-corrected chi connectivity index (χ1v) is 10.9. The van der Waals surface area contributed by atoms with Crippen molar-refractivity contribution in [2.75, 3.05) is 33.5 Å². The maximum absolute atomic E-state index is 6.00. The van der Waals surface area contributed by atoms with Gasteiger partial charge in [-0.3, -0.25) is 0 Å². The minimum atomic E-state index is 0.425. The molecule has 2 aromatic rings. The maximum Gasteiger partial charge on any atom is 0.125 e. The Morgan fingerprint density at radius 3 is 2.12 bits per heavy atom. The smallest absolute Gasteiger partial charge is 0.125 e. The summed E-state index contributed by atoms with van der Waals surface area (Å²) in [6.07, 6.45) is 6.38. The van der Waals surface area contributed by atoms with Crippen LogP contribution < -0.4 is 9.47 Å². The molecule has 0 unspecified atom stereocenters. The standard InChI is InChI=1S/C26H35NO5/c1-5-6-14-31-25-17-21(2)26(22(3)18-25)32-15-7-13-29-19-23-8-10-24(11-9-23)20-30-16-12-27-28-4/h5-6,8-12,17-18H,7,13-16,19-20H2,1-4H3/b6-5+,27-12?. The van der Waals surface area contributed by atoms with E-state index < -0.39 is 0 Å². The average molecular weight is 442 g/mol. The van der Waals surface area contributed by atoms with Crippen LogP contribution in [0.1, 0.15) is 35.6 Å². The van der Waals surface area contributed by atoms with E-state index in [1.807, 2.05) is 57.2 Å². The molecule has 2 rings (SSSR count). The summed E-state index contributed by atoms with van der Waals surface area (Å²) < 4.78 is 23.0. The molecule has 0 amide bonds. The van der Waals surface area contributed by atoms with Gasteiger partial charge in [0.2, 0.25) is 0 Å². The third-order valence-corrected chi connectivity index (χ3v) is 4.63. The Hall–Kier alpha value is -2.83. The molecule has 0 spiro atoms. The van der Waals surface area contributed by atoms with Gasteiger partial charge < -0.3 is 23.8 Å². The van der Waals surface area contributed by atoms with Crippen LogP contribution in [0, 0.1) is 13.8 Å². The van der Waals surface area contributed by atoms with E-state index in [0.29, 0.717) is 39.6 Å². The molecule has 174 valence electrons. The molecule has 0 saturated carbocycles. The number of hydrogen-bond acceptors (Lipinski definition) is 6. The van der Waals surface area contributed by atoms with Crippen molar-refractivity contribution in [1.29, 1.82) is 0 Å². The number of allylic oxidation sites excluding steroid dienone is 1. The predicted octanol–water partition coefficient (Wildman–Crippen LogP) is 5.39. The number of aryl methyl sites for hydroxylation is 2. The van der Waals surface area contributed by atoms with Gasteiger partial charge in [-0.15, -0.1) is 0 Å². The minimum Gasteiger partial charge on any atom is -0.493 e. The van der Waals surface area contributed by atoms with Crippen molar-refractivity contribution >= 4 is 6.21 Å². The molecular weight excluding hydrogens is 406 g/mol. The molecule has 0 N–H and O–H groups in total. The highest BCUT2D eigenvalue weighted by atomic mass is 16.6. The summed E-state index contributed by atoms with van der Waals surface area (Å²) in [6, 6.07) is 12.3. The Morgan fingerprint density at radius 1 is 0.844 bits per heavy atom. The van der Waals surface area contributed by atoms with Gasteiger partial charge in [0.1, 0.15) is 25.2 Å². The zero-order valence-electron chi connectivity index (χ0n) is 19.6. The predicted molar refractivity (Wildman–Crippen MR) is 128 cm³/mol. The summed E-state index contributed by atoms with van der Waals surface area (Å²) in [5.41, 5.74) is 4.40. The number of ether oxygens (including phenoxy) is 4. The number of benzene rings is 2. The molecule has 0 aliphatic carbocycles. The lowest BCUT2D eigenvalue weighted by atomic mass is 10.1. The summed E-state index contributed by atoms with van der Waals surface area (Å²) in [7, 11) is 1.51. The summed E-state index contributed by atoms with van der Waals surface area (Å²) in [5, 5.41) is 3.63. The van der Waals surface area contributed by atoms with Crippen LogP contribution >= 0.6 is 0 Å². The van der Waals surface area contributed by atoms with Gasteiger partial charge in [-0.1, -0.05) is 41.6 Å². The second-order valence-electron chi connectivity index (χ2n) is 7.32. The van der Waals surface area contributed by atoms with Gasteiger partial charge in [0.15, 0.2) is 0 Å². The monoisotopic (exact) mass is 441 g/mol. The number of hydrogen-bond donors (Lipinski definition) is 0. The van der Waals surface area contributed by atoms with Gasteiger partial charge in [-0.2, -0.15) is 0 Å². The first-order chi connectivity index (χ1) is 15.6. The second-order valence-corrected chi connectivity index (χ2v) is 7.32. The molecule has 32 heavy (non-hydrogen) atoms.